The van der Waals surface area contributed by atoms with Gasteiger partial charge in [0.25, 0.3) is 0 Å². The van der Waals surface area contributed by atoms with Crippen LogP contribution in [0.5, 0.6) is 0 Å². The molecule has 0 aliphatic rings. The lowest BCUT2D eigenvalue weighted by Crippen LogP contribution is -1.78. The van der Waals surface area contributed by atoms with Gasteiger partial charge in [-0.05, 0) is 31.9 Å². The van der Waals surface area contributed by atoms with Gasteiger partial charge in [-0.3, -0.25) is 0 Å². The summed E-state index contributed by atoms with van der Waals surface area (Å²) in [6, 6.07) is 0. The van der Waals surface area contributed by atoms with Crippen molar-refractivity contribution >= 4 is 0 Å². The quantitative estimate of drug-likeness (QED) is 0.528. The summed E-state index contributed by atoms with van der Waals surface area (Å²) >= 11 is 0. The zero-order valence-corrected chi connectivity index (χ0v) is 6.95. The number of hydrogen-bond acceptors (Lipinski definition) is 0. The maximum absolute atomic E-state index is 12.8. The molecule has 0 radical (unpaired) electrons. The highest BCUT2D eigenvalue weighted by atomic mass is 19.1. The van der Waals surface area contributed by atoms with Crippen molar-refractivity contribution in [3.63, 3.8) is 0 Å². The highest BCUT2D eigenvalue weighted by Crippen LogP contribution is 2.12. The Bertz CT molecular complexity index is 143. The van der Waals surface area contributed by atoms with E-state index in [0.717, 1.165) is 18.4 Å². The number of allylic oxidation sites excluding steroid dienone is 4. The maximum atomic E-state index is 12.8. The van der Waals surface area contributed by atoms with Crippen LogP contribution in [0.4, 0.5) is 4.39 Å². The van der Waals surface area contributed by atoms with Gasteiger partial charge in [0, 0.05) is 0 Å². The summed E-state index contributed by atoms with van der Waals surface area (Å²) < 4.78 is 12.8. The van der Waals surface area contributed by atoms with Crippen molar-refractivity contribution in [3.8, 4) is 0 Å². The average molecular weight is 142 g/mol. The fourth-order valence-electron chi connectivity index (χ4n) is 0.783. The predicted octanol–water partition coefficient (Wildman–Crippen LogP) is 3.61. The fraction of sp³-hybridized carbons (Fsp3) is 0.556. The van der Waals surface area contributed by atoms with Crippen LogP contribution in [0.25, 0.3) is 0 Å². The van der Waals surface area contributed by atoms with Crippen LogP contribution < -0.4 is 0 Å². The van der Waals surface area contributed by atoms with Crippen LogP contribution in [0.1, 0.15) is 33.6 Å². The van der Waals surface area contributed by atoms with Gasteiger partial charge in [0.2, 0.25) is 0 Å². The third kappa shape index (κ3) is 3.44. The topological polar surface area (TPSA) is 0 Å². The molecular formula is C9H15F. The van der Waals surface area contributed by atoms with Crippen molar-refractivity contribution in [1.29, 1.82) is 0 Å². The van der Waals surface area contributed by atoms with Crippen molar-refractivity contribution in [2.24, 2.45) is 0 Å². The molecule has 0 spiro atoms. The molecule has 10 heavy (non-hydrogen) atoms. The summed E-state index contributed by atoms with van der Waals surface area (Å²) in [6.45, 7) is 5.70. The molecule has 0 saturated heterocycles. The highest BCUT2D eigenvalue weighted by molar-refractivity contribution is 5.17. The second kappa shape index (κ2) is 5.21. The smallest absolute Gasteiger partial charge is 0.121 e. The lowest BCUT2D eigenvalue weighted by Gasteiger charge is -1.96. The van der Waals surface area contributed by atoms with E-state index >= 15 is 0 Å². The molecule has 0 atom stereocenters. The Balaban J connectivity index is 4.04. The molecule has 0 rings (SSSR count). The Hall–Kier alpha value is -0.590. The van der Waals surface area contributed by atoms with E-state index in [1.165, 1.54) is 6.08 Å². The highest BCUT2D eigenvalue weighted by Gasteiger charge is 1.94. The minimum Gasteiger partial charge on any atom is -0.207 e. The Labute approximate surface area is 62.4 Å². The van der Waals surface area contributed by atoms with E-state index in [2.05, 4.69) is 0 Å². The van der Waals surface area contributed by atoms with Crippen LogP contribution in [0.15, 0.2) is 23.6 Å². The van der Waals surface area contributed by atoms with Crippen LogP contribution >= 0.6 is 0 Å². The summed E-state index contributed by atoms with van der Waals surface area (Å²) in [4.78, 5) is 0. The maximum Gasteiger partial charge on any atom is 0.121 e. The Morgan fingerprint density at radius 3 is 2.50 bits per heavy atom. The molecule has 0 aliphatic carbocycles. The molecule has 0 aromatic carbocycles. The zero-order chi connectivity index (χ0) is 7.98. The molecular weight excluding hydrogens is 127 g/mol. The summed E-state index contributed by atoms with van der Waals surface area (Å²) in [7, 11) is 0. The lowest BCUT2D eigenvalue weighted by molar-refractivity contribution is 0.642. The number of hydrogen-bond donors (Lipinski definition) is 0. The molecule has 0 amide bonds. The van der Waals surface area contributed by atoms with Gasteiger partial charge >= 0.3 is 0 Å². The lowest BCUT2D eigenvalue weighted by atomic mass is 10.1. The van der Waals surface area contributed by atoms with Gasteiger partial charge in [-0.15, -0.1) is 0 Å². The van der Waals surface area contributed by atoms with Crippen molar-refractivity contribution < 1.29 is 4.39 Å². The molecule has 0 heterocycles. The summed E-state index contributed by atoms with van der Waals surface area (Å²) in [6.07, 6.45) is 5.09. The Kier molecular flexibility index (Phi) is 4.91. The fourth-order valence-corrected chi connectivity index (χ4v) is 0.783. The van der Waals surface area contributed by atoms with Gasteiger partial charge < -0.3 is 0 Å². The van der Waals surface area contributed by atoms with Gasteiger partial charge in [0.1, 0.15) is 5.83 Å². The van der Waals surface area contributed by atoms with Crippen molar-refractivity contribution in [2.75, 3.05) is 0 Å². The first-order valence-corrected chi connectivity index (χ1v) is 3.70. The third-order valence-corrected chi connectivity index (χ3v) is 1.35. The Morgan fingerprint density at radius 1 is 1.50 bits per heavy atom. The van der Waals surface area contributed by atoms with Crippen molar-refractivity contribution in [3.05, 3.63) is 23.6 Å². The SMILES string of the molecule is C/C=C\C(F)=C(/C)CCC. The van der Waals surface area contributed by atoms with E-state index in [1.54, 1.807) is 6.08 Å². The van der Waals surface area contributed by atoms with Gasteiger partial charge in [-0.25, -0.2) is 4.39 Å². The summed E-state index contributed by atoms with van der Waals surface area (Å²) in [5.41, 5.74) is 0.848. The first kappa shape index (κ1) is 9.41. The second-order valence-corrected chi connectivity index (χ2v) is 2.38. The van der Waals surface area contributed by atoms with E-state index in [1.807, 2.05) is 20.8 Å². The summed E-state index contributed by atoms with van der Waals surface area (Å²) in [5, 5.41) is 0. The van der Waals surface area contributed by atoms with E-state index in [-0.39, 0.29) is 5.83 Å². The van der Waals surface area contributed by atoms with Gasteiger partial charge in [-0.1, -0.05) is 19.4 Å². The van der Waals surface area contributed by atoms with Crippen LogP contribution in [0.2, 0.25) is 0 Å². The van der Waals surface area contributed by atoms with Gasteiger partial charge in [0.05, 0.1) is 0 Å². The molecule has 0 aromatic rings. The van der Waals surface area contributed by atoms with E-state index in [0.29, 0.717) is 0 Å². The standard InChI is InChI=1S/C9H15F/c1-4-6-8(3)9(10)7-5-2/h5,7H,4,6H2,1-3H3/b7-5-,9-8-. The van der Waals surface area contributed by atoms with Gasteiger partial charge in [0.15, 0.2) is 0 Å². The molecule has 0 fully saturated rings. The largest absolute Gasteiger partial charge is 0.207 e. The first-order chi connectivity index (χ1) is 4.72. The zero-order valence-electron chi connectivity index (χ0n) is 6.95. The molecule has 0 saturated carbocycles. The molecule has 1 heteroatoms. The molecule has 0 N–H and O–H groups in total. The molecule has 0 aliphatic heterocycles. The van der Waals surface area contributed by atoms with Crippen molar-refractivity contribution in [2.45, 2.75) is 33.6 Å². The van der Waals surface area contributed by atoms with Crippen molar-refractivity contribution in [1.82, 2.24) is 0 Å². The molecule has 0 unspecified atom stereocenters. The minimum absolute atomic E-state index is 0.0793. The molecule has 0 bridgehead atoms. The predicted molar refractivity (Wildman–Crippen MR) is 43.5 cm³/mol. The Morgan fingerprint density at radius 2 is 2.10 bits per heavy atom. The van der Waals surface area contributed by atoms with E-state index < -0.39 is 0 Å². The molecule has 0 aromatic heterocycles. The third-order valence-electron chi connectivity index (χ3n) is 1.35. The van der Waals surface area contributed by atoms with Crippen LogP contribution in [-0.4, -0.2) is 0 Å². The van der Waals surface area contributed by atoms with Crippen LogP contribution in [0.3, 0.4) is 0 Å². The normalized spacial score (nSPS) is 14.0. The second-order valence-electron chi connectivity index (χ2n) is 2.38. The van der Waals surface area contributed by atoms with E-state index in [4.69, 9.17) is 0 Å². The first-order valence-electron chi connectivity index (χ1n) is 3.70. The number of rotatable bonds is 3. The monoisotopic (exact) mass is 142 g/mol. The average Bonchev–Trinajstić information content (AvgIpc) is 1.89. The summed E-state index contributed by atoms with van der Waals surface area (Å²) in [5.74, 6) is -0.0793. The molecule has 58 valence electrons. The van der Waals surface area contributed by atoms with Crippen LogP contribution in [0, 0.1) is 0 Å². The van der Waals surface area contributed by atoms with E-state index in [9.17, 15) is 4.39 Å². The van der Waals surface area contributed by atoms with Gasteiger partial charge in [-0.2, -0.15) is 0 Å². The number of halogens is 1. The molecule has 0 nitrogen and oxygen atoms in total. The van der Waals surface area contributed by atoms with Crippen LogP contribution in [-0.2, 0) is 0 Å². The minimum atomic E-state index is -0.0793.